The highest BCUT2D eigenvalue weighted by molar-refractivity contribution is 5.80. The molecule has 3 atom stereocenters. The molecule has 3 rings (SSSR count). The molecule has 0 aromatic carbocycles. The second kappa shape index (κ2) is 7.77. The van der Waals surface area contributed by atoms with Crippen molar-refractivity contribution < 1.29 is 4.74 Å². The fraction of sp³-hybridized carbons (Fsp3) is 0.812. The van der Waals surface area contributed by atoms with Gasteiger partial charge in [-0.25, -0.2) is 4.99 Å². The SMILES string of the molecule is COCCCNC(=NCc1nncn1C)N[C@H]1C[C@H]2CC[C@H]1C2. The highest BCUT2D eigenvalue weighted by atomic mass is 16.5. The minimum absolute atomic E-state index is 0.539. The summed E-state index contributed by atoms with van der Waals surface area (Å²) in [6.07, 6.45) is 8.13. The number of nitrogens with zero attached hydrogens (tertiary/aromatic N) is 4. The Bertz CT molecular complexity index is 528. The molecular weight excluding hydrogens is 292 g/mol. The van der Waals surface area contributed by atoms with E-state index in [4.69, 9.17) is 9.73 Å². The van der Waals surface area contributed by atoms with Gasteiger partial charge in [-0.3, -0.25) is 0 Å². The van der Waals surface area contributed by atoms with Gasteiger partial charge in [0.15, 0.2) is 11.8 Å². The van der Waals surface area contributed by atoms with Gasteiger partial charge in [0.1, 0.15) is 12.9 Å². The molecule has 1 aromatic rings. The van der Waals surface area contributed by atoms with Crippen molar-refractivity contribution in [3.05, 3.63) is 12.2 Å². The number of ether oxygens (including phenoxy) is 1. The Morgan fingerprint density at radius 3 is 3.00 bits per heavy atom. The number of methoxy groups -OCH3 is 1. The van der Waals surface area contributed by atoms with E-state index in [0.717, 1.165) is 43.2 Å². The normalized spacial score (nSPS) is 26.7. The fourth-order valence-electron chi connectivity index (χ4n) is 3.77. The second-order valence-electron chi connectivity index (χ2n) is 6.72. The molecule has 0 unspecified atom stereocenters. The maximum absolute atomic E-state index is 5.11. The van der Waals surface area contributed by atoms with Crippen molar-refractivity contribution in [1.82, 2.24) is 25.4 Å². The first-order chi connectivity index (χ1) is 11.3. The lowest BCUT2D eigenvalue weighted by Gasteiger charge is -2.25. The quantitative estimate of drug-likeness (QED) is 0.446. The number of aromatic nitrogens is 3. The van der Waals surface area contributed by atoms with Gasteiger partial charge in [0.2, 0.25) is 0 Å². The molecule has 2 aliphatic carbocycles. The molecule has 0 spiro atoms. The summed E-state index contributed by atoms with van der Waals surface area (Å²) in [6, 6.07) is 0.571. The lowest BCUT2D eigenvalue weighted by molar-refractivity contribution is 0.195. The maximum atomic E-state index is 5.11. The van der Waals surface area contributed by atoms with E-state index in [1.54, 1.807) is 13.4 Å². The first-order valence-electron chi connectivity index (χ1n) is 8.63. The summed E-state index contributed by atoms with van der Waals surface area (Å²) < 4.78 is 7.02. The van der Waals surface area contributed by atoms with Crippen LogP contribution in [0.1, 0.15) is 37.9 Å². The molecule has 23 heavy (non-hydrogen) atoms. The van der Waals surface area contributed by atoms with Gasteiger partial charge in [0.05, 0.1) is 0 Å². The van der Waals surface area contributed by atoms with Crippen LogP contribution < -0.4 is 10.6 Å². The maximum Gasteiger partial charge on any atom is 0.191 e. The van der Waals surface area contributed by atoms with Crippen molar-refractivity contribution in [2.75, 3.05) is 20.3 Å². The molecule has 0 radical (unpaired) electrons. The Morgan fingerprint density at radius 1 is 1.43 bits per heavy atom. The lowest BCUT2D eigenvalue weighted by Crippen LogP contribution is -2.46. The zero-order chi connectivity index (χ0) is 16.1. The third-order valence-electron chi connectivity index (χ3n) is 5.06. The van der Waals surface area contributed by atoms with Crippen LogP contribution in [0, 0.1) is 11.8 Å². The van der Waals surface area contributed by atoms with Crippen molar-refractivity contribution in [2.45, 2.75) is 44.7 Å². The first kappa shape index (κ1) is 16.2. The monoisotopic (exact) mass is 320 g/mol. The number of rotatable bonds is 7. The first-order valence-corrected chi connectivity index (χ1v) is 8.63. The van der Waals surface area contributed by atoms with Crippen LogP contribution in [0.15, 0.2) is 11.3 Å². The molecule has 1 aromatic heterocycles. The molecular formula is C16H28N6O. The van der Waals surface area contributed by atoms with Crippen molar-refractivity contribution in [3.63, 3.8) is 0 Å². The van der Waals surface area contributed by atoms with E-state index in [-0.39, 0.29) is 0 Å². The molecule has 7 nitrogen and oxygen atoms in total. The zero-order valence-electron chi connectivity index (χ0n) is 14.2. The van der Waals surface area contributed by atoms with Crippen molar-refractivity contribution in [3.8, 4) is 0 Å². The molecule has 2 bridgehead atoms. The molecule has 128 valence electrons. The van der Waals surface area contributed by atoms with E-state index in [1.807, 2.05) is 11.6 Å². The van der Waals surface area contributed by atoms with Crippen LogP contribution in [-0.4, -0.2) is 47.0 Å². The van der Waals surface area contributed by atoms with E-state index in [0.29, 0.717) is 12.6 Å². The highest BCUT2D eigenvalue weighted by Crippen LogP contribution is 2.44. The van der Waals surface area contributed by atoms with Crippen LogP contribution in [0.5, 0.6) is 0 Å². The number of hydrogen-bond acceptors (Lipinski definition) is 4. The van der Waals surface area contributed by atoms with Gasteiger partial charge in [-0.15, -0.1) is 10.2 Å². The van der Waals surface area contributed by atoms with Gasteiger partial charge in [-0.05, 0) is 37.5 Å². The van der Waals surface area contributed by atoms with Gasteiger partial charge in [-0.1, -0.05) is 6.42 Å². The van der Waals surface area contributed by atoms with Gasteiger partial charge >= 0.3 is 0 Å². The summed E-state index contributed by atoms with van der Waals surface area (Å²) in [6.45, 7) is 2.16. The Kier molecular flexibility index (Phi) is 5.48. The number of guanidine groups is 1. The summed E-state index contributed by atoms with van der Waals surface area (Å²) >= 11 is 0. The minimum atomic E-state index is 0.539. The highest BCUT2D eigenvalue weighted by Gasteiger charge is 2.39. The molecule has 1 heterocycles. The second-order valence-corrected chi connectivity index (χ2v) is 6.72. The minimum Gasteiger partial charge on any atom is -0.385 e. The van der Waals surface area contributed by atoms with Gasteiger partial charge in [0, 0.05) is 33.4 Å². The predicted octanol–water partition coefficient (Wildman–Crippen LogP) is 1.08. The van der Waals surface area contributed by atoms with E-state index >= 15 is 0 Å². The zero-order valence-corrected chi connectivity index (χ0v) is 14.2. The van der Waals surface area contributed by atoms with Crippen LogP contribution in [0.4, 0.5) is 0 Å². The summed E-state index contributed by atoms with van der Waals surface area (Å²) in [5.41, 5.74) is 0. The third kappa shape index (κ3) is 4.22. The molecule has 0 aliphatic heterocycles. The lowest BCUT2D eigenvalue weighted by atomic mass is 9.95. The predicted molar refractivity (Wildman–Crippen MR) is 89.0 cm³/mol. The van der Waals surface area contributed by atoms with Crippen molar-refractivity contribution in [2.24, 2.45) is 23.9 Å². The van der Waals surface area contributed by atoms with Crippen molar-refractivity contribution in [1.29, 1.82) is 0 Å². The van der Waals surface area contributed by atoms with Crippen LogP contribution in [0.3, 0.4) is 0 Å². The summed E-state index contributed by atoms with van der Waals surface area (Å²) in [7, 11) is 3.68. The van der Waals surface area contributed by atoms with E-state index in [9.17, 15) is 0 Å². The molecule has 2 fully saturated rings. The van der Waals surface area contributed by atoms with Gasteiger partial charge < -0.3 is 19.9 Å². The van der Waals surface area contributed by atoms with Crippen LogP contribution >= 0.6 is 0 Å². The third-order valence-corrected chi connectivity index (χ3v) is 5.06. The standard InChI is InChI=1S/C16H28N6O/c1-22-11-19-21-15(22)10-18-16(17-6-3-7-23-2)20-14-9-12-4-5-13(14)8-12/h11-14H,3-10H2,1-2H3,(H2,17,18,20)/t12-,13-,14-/m0/s1. The molecule has 0 saturated heterocycles. The molecule has 0 amide bonds. The fourth-order valence-corrected chi connectivity index (χ4v) is 3.77. The van der Waals surface area contributed by atoms with Crippen LogP contribution in [-0.2, 0) is 18.3 Å². The van der Waals surface area contributed by atoms with Crippen LogP contribution in [0.2, 0.25) is 0 Å². The Hall–Kier alpha value is -1.63. The number of aryl methyl sites for hydroxylation is 1. The largest absolute Gasteiger partial charge is 0.385 e. The summed E-state index contributed by atoms with van der Waals surface area (Å²) in [5, 5.41) is 15.1. The molecule has 2 saturated carbocycles. The van der Waals surface area contributed by atoms with E-state index in [1.165, 1.54) is 25.7 Å². The van der Waals surface area contributed by atoms with Gasteiger partial charge in [0.25, 0.3) is 0 Å². The number of fused-ring (bicyclic) bond motifs is 2. The van der Waals surface area contributed by atoms with E-state index in [2.05, 4.69) is 20.8 Å². The smallest absolute Gasteiger partial charge is 0.191 e. The van der Waals surface area contributed by atoms with E-state index < -0.39 is 0 Å². The summed E-state index contributed by atoms with van der Waals surface area (Å²) in [5.74, 6) is 3.50. The Labute approximate surface area is 137 Å². The van der Waals surface area contributed by atoms with Gasteiger partial charge in [-0.2, -0.15) is 0 Å². The van der Waals surface area contributed by atoms with Crippen LogP contribution in [0.25, 0.3) is 0 Å². The van der Waals surface area contributed by atoms with Crippen molar-refractivity contribution >= 4 is 5.96 Å². The number of nitrogens with one attached hydrogen (secondary N) is 2. The molecule has 7 heteroatoms. The average Bonchev–Trinajstić information content (AvgIpc) is 3.26. The summed E-state index contributed by atoms with van der Waals surface area (Å²) in [4.78, 5) is 4.70. The Morgan fingerprint density at radius 2 is 2.35 bits per heavy atom. The number of aliphatic imine (C=N–C) groups is 1. The molecule has 2 aliphatic rings. The number of hydrogen-bond donors (Lipinski definition) is 2. The molecule has 2 N–H and O–H groups in total. The average molecular weight is 320 g/mol. The topological polar surface area (TPSA) is 76.4 Å². The Balaban J connectivity index is 1.57.